The van der Waals surface area contributed by atoms with Crippen LogP contribution in [0.25, 0.3) is 0 Å². The average Bonchev–Trinajstić information content (AvgIpc) is 2.49. The van der Waals surface area contributed by atoms with Gasteiger partial charge in [-0.1, -0.05) is 6.92 Å². The Labute approximate surface area is 113 Å². The number of carbonyl (C=O) groups is 2. The van der Waals surface area contributed by atoms with Crippen LogP contribution in [0.1, 0.15) is 40.0 Å². The molecule has 0 spiro atoms. The Morgan fingerprint density at radius 3 is 2.95 bits per heavy atom. The van der Waals surface area contributed by atoms with Crippen LogP contribution in [0, 0.1) is 30.1 Å². The average molecular weight is 264 g/mol. The van der Waals surface area contributed by atoms with Crippen LogP contribution in [0.5, 0.6) is 0 Å². The smallest absolute Gasteiger partial charge is 0.310 e. The Kier molecular flexibility index (Phi) is 3.58. The van der Waals surface area contributed by atoms with E-state index in [0.717, 1.165) is 0 Å². The van der Waals surface area contributed by atoms with Gasteiger partial charge in [0, 0.05) is 12.8 Å². The Hall–Kier alpha value is -1.50. The van der Waals surface area contributed by atoms with Crippen LogP contribution in [0.3, 0.4) is 0 Å². The lowest BCUT2D eigenvalue weighted by atomic mass is 9.69. The molecule has 19 heavy (non-hydrogen) atoms. The number of ether oxygens (including phenoxy) is 2. The zero-order chi connectivity index (χ0) is 14.2. The molecule has 104 valence electrons. The van der Waals surface area contributed by atoms with Gasteiger partial charge in [0.1, 0.15) is 11.7 Å². The van der Waals surface area contributed by atoms with E-state index in [-0.39, 0.29) is 29.9 Å². The number of terminal acetylenes is 1. The highest BCUT2D eigenvalue weighted by Crippen LogP contribution is 2.48. The van der Waals surface area contributed by atoms with E-state index >= 15 is 0 Å². The van der Waals surface area contributed by atoms with E-state index in [2.05, 4.69) is 5.92 Å². The number of fused-ring (bicyclic) bond motifs is 2. The van der Waals surface area contributed by atoms with Crippen molar-refractivity contribution in [1.82, 2.24) is 0 Å². The molecule has 5 atom stereocenters. The van der Waals surface area contributed by atoms with E-state index in [1.807, 2.05) is 13.8 Å². The summed E-state index contributed by atoms with van der Waals surface area (Å²) in [5, 5.41) is 0. The molecular weight excluding hydrogens is 244 g/mol. The van der Waals surface area contributed by atoms with E-state index in [9.17, 15) is 9.59 Å². The first-order valence-electron chi connectivity index (χ1n) is 6.73. The minimum atomic E-state index is -0.400. The summed E-state index contributed by atoms with van der Waals surface area (Å²) in [5.74, 6) is 1.21. The fourth-order valence-electron chi connectivity index (χ4n) is 3.39. The topological polar surface area (TPSA) is 52.6 Å². The van der Waals surface area contributed by atoms with Gasteiger partial charge in [-0.2, -0.15) is 0 Å². The zero-order valence-corrected chi connectivity index (χ0v) is 11.6. The van der Waals surface area contributed by atoms with Crippen molar-refractivity contribution in [3.63, 3.8) is 0 Å². The van der Waals surface area contributed by atoms with Crippen LogP contribution >= 0.6 is 0 Å². The van der Waals surface area contributed by atoms with E-state index in [4.69, 9.17) is 15.9 Å². The Bertz CT molecular complexity index is 436. The molecule has 2 rings (SSSR count). The van der Waals surface area contributed by atoms with Crippen molar-refractivity contribution in [2.45, 2.75) is 51.7 Å². The largest absolute Gasteiger partial charge is 0.461 e. The maximum absolute atomic E-state index is 12.2. The van der Waals surface area contributed by atoms with Gasteiger partial charge in [0.15, 0.2) is 0 Å². The second kappa shape index (κ2) is 4.88. The molecule has 2 aliphatic rings. The van der Waals surface area contributed by atoms with Crippen molar-refractivity contribution in [3.05, 3.63) is 0 Å². The molecule has 0 unspecified atom stereocenters. The van der Waals surface area contributed by atoms with Crippen molar-refractivity contribution >= 4 is 11.9 Å². The van der Waals surface area contributed by atoms with Crippen molar-refractivity contribution in [3.8, 4) is 12.3 Å². The van der Waals surface area contributed by atoms with Crippen LogP contribution in [0.2, 0.25) is 0 Å². The van der Waals surface area contributed by atoms with Gasteiger partial charge in [-0.15, -0.1) is 12.3 Å². The van der Waals surface area contributed by atoms with Gasteiger partial charge < -0.3 is 9.47 Å². The summed E-state index contributed by atoms with van der Waals surface area (Å²) in [4.78, 5) is 24.1. The Morgan fingerprint density at radius 1 is 1.63 bits per heavy atom. The zero-order valence-electron chi connectivity index (χ0n) is 11.6. The van der Waals surface area contributed by atoms with Crippen LogP contribution < -0.4 is 0 Å². The summed E-state index contributed by atoms with van der Waals surface area (Å²) < 4.78 is 10.7. The predicted molar refractivity (Wildman–Crippen MR) is 68.9 cm³/mol. The molecule has 1 heterocycles. The molecule has 1 saturated heterocycles. The number of hydrogen-bond donors (Lipinski definition) is 0. The highest BCUT2D eigenvalue weighted by molar-refractivity contribution is 5.84. The van der Waals surface area contributed by atoms with Crippen molar-refractivity contribution in [2.75, 3.05) is 0 Å². The minimum absolute atomic E-state index is 0.0840. The molecule has 1 aliphatic heterocycles. The van der Waals surface area contributed by atoms with Gasteiger partial charge in [0.25, 0.3) is 0 Å². The van der Waals surface area contributed by atoms with Crippen LogP contribution in [0.15, 0.2) is 0 Å². The van der Waals surface area contributed by atoms with E-state index in [0.29, 0.717) is 19.3 Å². The molecule has 4 nitrogen and oxygen atoms in total. The van der Waals surface area contributed by atoms with Gasteiger partial charge in [-0.25, -0.2) is 0 Å². The molecule has 2 fully saturated rings. The van der Waals surface area contributed by atoms with Crippen LogP contribution in [-0.2, 0) is 19.1 Å². The molecule has 2 bridgehead atoms. The maximum Gasteiger partial charge on any atom is 0.310 e. The fraction of sp³-hybridized carbons (Fsp3) is 0.733. The fourth-order valence-corrected chi connectivity index (χ4v) is 3.39. The van der Waals surface area contributed by atoms with Crippen molar-refractivity contribution in [1.29, 1.82) is 0 Å². The predicted octanol–water partition coefficient (Wildman–Crippen LogP) is 1.92. The van der Waals surface area contributed by atoms with E-state index in [1.54, 1.807) is 6.92 Å². The third kappa shape index (κ3) is 2.60. The molecule has 1 saturated carbocycles. The second-order valence-electron chi connectivity index (χ2n) is 6.04. The molecule has 0 N–H and O–H groups in total. The van der Waals surface area contributed by atoms with Gasteiger partial charge >= 0.3 is 11.9 Å². The molecule has 0 aromatic carbocycles. The van der Waals surface area contributed by atoms with Gasteiger partial charge in [0.05, 0.1) is 11.8 Å². The molecule has 4 heteroatoms. The lowest BCUT2D eigenvalue weighted by Gasteiger charge is -2.35. The van der Waals surface area contributed by atoms with Crippen LogP contribution in [-0.4, -0.2) is 23.6 Å². The van der Waals surface area contributed by atoms with Gasteiger partial charge in [-0.05, 0) is 26.2 Å². The maximum atomic E-state index is 12.2. The van der Waals surface area contributed by atoms with E-state index in [1.165, 1.54) is 0 Å². The third-order valence-corrected chi connectivity index (χ3v) is 4.10. The first-order valence-corrected chi connectivity index (χ1v) is 6.73. The summed E-state index contributed by atoms with van der Waals surface area (Å²) in [6.45, 7) is 5.68. The SMILES string of the molecule is C#CC[C@H](C)OC(=O)[C@H]1[C@H](C)C[C@]2(C)C[C@@H]1C(=O)O2. The molecule has 1 aliphatic carbocycles. The van der Waals surface area contributed by atoms with Gasteiger partial charge in [0.2, 0.25) is 0 Å². The quantitative estimate of drug-likeness (QED) is 0.577. The monoisotopic (exact) mass is 264 g/mol. The molecule has 0 radical (unpaired) electrons. The summed E-state index contributed by atoms with van der Waals surface area (Å²) in [5.41, 5.74) is -0.400. The number of hydrogen-bond acceptors (Lipinski definition) is 4. The summed E-state index contributed by atoms with van der Waals surface area (Å²) in [6, 6.07) is 0. The molecular formula is C15H20O4. The molecule has 0 aromatic rings. The number of rotatable bonds is 3. The highest BCUT2D eigenvalue weighted by atomic mass is 16.6. The number of carbonyl (C=O) groups excluding carboxylic acids is 2. The van der Waals surface area contributed by atoms with Crippen LogP contribution in [0.4, 0.5) is 0 Å². The van der Waals surface area contributed by atoms with E-state index < -0.39 is 11.5 Å². The minimum Gasteiger partial charge on any atom is -0.461 e. The highest BCUT2D eigenvalue weighted by Gasteiger charge is 2.56. The summed E-state index contributed by atoms with van der Waals surface area (Å²) >= 11 is 0. The normalized spacial score (nSPS) is 38.2. The number of esters is 2. The van der Waals surface area contributed by atoms with Crippen molar-refractivity contribution in [2.24, 2.45) is 17.8 Å². The van der Waals surface area contributed by atoms with Gasteiger partial charge in [-0.3, -0.25) is 9.59 Å². The Balaban J connectivity index is 2.09. The van der Waals surface area contributed by atoms with Crippen molar-refractivity contribution < 1.29 is 19.1 Å². The molecule has 0 aromatic heterocycles. The second-order valence-corrected chi connectivity index (χ2v) is 6.04. The molecule has 0 amide bonds. The summed E-state index contributed by atoms with van der Waals surface area (Å²) in [7, 11) is 0. The lowest BCUT2D eigenvalue weighted by molar-refractivity contribution is -0.160. The standard InChI is InChI=1S/C15H20O4/c1-5-6-10(3)18-14(17)12-9(2)7-15(4)8-11(12)13(16)19-15/h1,9-12H,6-8H2,2-4H3/t9-,10+,11+,12+,15-/m1/s1. The lowest BCUT2D eigenvalue weighted by Crippen LogP contribution is -2.41. The summed E-state index contributed by atoms with van der Waals surface area (Å²) in [6.07, 6.45) is 6.59. The first-order chi connectivity index (χ1) is 8.86. The third-order valence-electron chi connectivity index (χ3n) is 4.10. The Morgan fingerprint density at radius 2 is 2.32 bits per heavy atom. The first kappa shape index (κ1) is 13.9.